The lowest BCUT2D eigenvalue weighted by atomic mass is 9.97. The predicted molar refractivity (Wildman–Crippen MR) is 109 cm³/mol. The summed E-state index contributed by atoms with van der Waals surface area (Å²) in [5.74, 6) is -0.443. The van der Waals surface area contributed by atoms with Gasteiger partial charge < -0.3 is 14.6 Å². The maximum absolute atomic E-state index is 12.5. The van der Waals surface area contributed by atoms with Crippen LogP contribution in [0.2, 0.25) is 0 Å². The summed E-state index contributed by atoms with van der Waals surface area (Å²) in [4.78, 5) is 47.4. The third kappa shape index (κ3) is 4.82. The van der Waals surface area contributed by atoms with E-state index in [1.165, 1.54) is 16.7 Å². The third-order valence-corrected chi connectivity index (χ3v) is 6.22. The van der Waals surface area contributed by atoms with Crippen LogP contribution in [0.4, 0.5) is 0 Å². The van der Waals surface area contributed by atoms with Crippen molar-refractivity contribution in [2.24, 2.45) is 0 Å². The van der Waals surface area contributed by atoms with E-state index in [0.717, 1.165) is 36.1 Å². The Morgan fingerprint density at radius 3 is 2.90 bits per heavy atom. The van der Waals surface area contributed by atoms with Gasteiger partial charge in [-0.1, -0.05) is 0 Å². The van der Waals surface area contributed by atoms with Crippen LogP contribution in [0, 0.1) is 11.3 Å². The lowest BCUT2D eigenvalue weighted by Crippen LogP contribution is -2.38. The first-order valence-electron chi connectivity index (χ1n) is 9.75. The molecule has 3 rings (SSSR count). The molecule has 0 aromatic carbocycles. The summed E-state index contributed by atoms with van der Waals surface area (Å²) >= 11 is 1.57. The molecule has 0 bridgehead atoms. The molecule has 29 heavy (non-hydrogen) atoms. The number of carbonyl (C=O) groups is 2. The number of nitriles is 1. The number of esters is 1. The maximum Gasteiger partial charge on any atom is 0.307 e. The van der Waals surface area contributed by atoms with E-state index in [0.29, 0.717) is 11.2 Å². The molecule has 1 aliphatic carbocycles. The molecule has 8 nitrogen and oxygen atoms in total. The highest BCUT2D eigenvalue weighted by atomic mass is 32.1. The molecule has 0 saturated heterocycles. The number of nitrogens with zero attached hydrogens (tertiary/aromatic N) is 3. The molecule has 2 aromatic rings. The molecule has 0 fully saturated rings. The Hall–Kier alpha value is -2.73. The Kier molecular flexibility index (Phi) is 6.64. The summed E-state index contributed by atoms with van der Waals surface area (Å²) in [5, 5.41) is 9.28. The zero-order valence-corrected chi connectivity index (χ0v) is 17.4. The smallest absolute Gasteiger partial charge is 0.307 e. The van der Waals surface area contributed by atoms with Crippen molar-refractivity contribution in [3.63, 3.8) is 0 Å². The number of H-pyrrole nitrogens is 1. The summed E-state index contributed by atoms with van der Waals surface area (Å²) in [6.45, 7) is 1.79. The third-order valence-electron chi connectivity index (χ3n) is 5.03. The van der Waals surface area contributed by atoms with Gasteiger partial charge in [0.2, 0.25) is 0 Å². The number of fused-ring (bicyclic) bond motifs is 3. The van der Waals surface area contributed by atoms with Crippen LogP contribution < -0.4 is 5.56 Å². The summed E-state index contributed by atoms with van der Waals surface area (Å²) in [6.07, 6.45) is 3.68. The molecule has 9 heteroatoms. The van der Waals surface area contributed by atoms with Gasteiger partial charge in [0.25, 0.3) is 11.5 Å². The maximum atomic E-state index is 12.5. The average Bonchev–Trinajstić information content (AvgIpc) is 3.08. The number of nitrogens with one attached hydrogen (secondary N) is 1. The molecule has 0 unspecified atom stereocenters. The van der Waals surface area contributed by atoms with Crippen molar-refractivity contribution in [3.05, 3.63) is 26.6 Å². The minimum absolute atomic E-state index is 0.0130. The van der Waals surface area contributed by atoms with Crippen molar-refractivity contribution in [1.82, 2.24) is 14.9 Å². The molecule has 2 heterocycles. The predicted octanol–water partition coefficient (Wildman–Crippen LogP) is 2.10. The Bertz CT molecular complexity index is 1020. The monoisotopic (exact) mass is 416 g/mol. The Labute approximate surface area is 172 Å². The molecule has 1 N–H and O–H groups in total. The number of hydrogen-bond donors (Lipinski definition) is 1. The number of aromatic amines is 1. The number of aryl methyl sites for hydroxylation is 3. The van der Waals surface area contributed by atoms with Crippen molar-refractivity contribution in [3.8, 4) is 6.07 Å². The van der Waals surface area contributed by atoms with Gasteiger partial charge >= 0.3 is 5.97 Å². The van der Waals surface area contributed by atoms with E-state index >= 15 is 0 Å². The van der Waals surface area contributed by atoms with Crippen LogP contribution >= 0.6 is 11.3 Å². The number of aromatic nitrogens is 2. The Morgan fingerprint density at radius 1 is 1.38 bits per heavy atom. The number of thiophene rings is 1. The molecule has 1 atom stereocenters. The van der Waals surface area contributed by atoms with E-state index in [1.807, 2.05) is 6.07 Å². The number of amides is 1. The van der Waals surface area contributed by atoms with Crippen molar-refractivity contribution < 1.29 is 14.3 Å². The van der Waals surface area contributed by atoms with E-state index in [9.17, 15) is 14.4 Å². The normalized spacial score (nSPS) is 14.1. The van der Waals surface area contributed by atoms with Gasteiger partial charge in [0.1, 0.15) is 10.7 Å². The molecule has 0 aliphatic heterocycles. The van der Waals surface area contributed by atoms with Gasteiger partial charge in [-0.2, -0.15) is 5.26 Å². The lowest BCUT2D eigenvalue weighted by molar-refractivity contribution is -0.158. The number of likely N-dealkylation sites (N-methyl/N-ethyl adjacent to an activating group) is 1. The summed E-state index contributed by atoms with van der Waals surface area (Å²) in [5.41, 5.74) is 0.976. The van der Waals surface area contributed by atoms with Crippen LogP contribution in [0.3, 0.4) is 0 Å². The Morgan fingerprint density at radius 2 is 2.14 bits per heavy atom. The minimum Gasteiger partial charge on any atom is -0.453 e. The molecular weight excluding hydrogens is 392 g/mol. The van der Waals surface area contributed by atoms with E-state index in [1.54, 1.807) is 18.4 Å². The average molecular weight is 417 g/mol. The van der Waals surface area contributed by atoms with E-state index < -0.39 is 12.1 Å². The molecule has 0 radical (unpaired) electrons. The fraction of sp³-hybridized carbons (Fsp3) is 0.550. The second-order valence-electron chi connectivity index (χ2n) is 7.20. The quantitative estimate of drug-likeness (QED) is 0.691. The molecule has 1 amide bonds. The zero-order valence-electron chi connectivity index (χ0n) is 16.6. The standard InChI is InChI=1S/C20H24N4O4S/c1-12(20(27)24(2)11-5-10-21)28-16(25)9-8-15-22-18(26)17-13-6-3-4-7-14(13)29-19(17)23-15/h12H,3-9,11H2,1-2H3,(H,22,23,26)/t12-/m1/s1. The first-order valence-corrected chi connectivity index (χ1v) is 10.6. The topological polar surface area (TPSA) is 116 Å². The SMILES string of the molecule is C[C@@H](OC(=O)CCc1nc2sc3c(c2c(=O)[nH]1)CCCC3)C(=O)N(C)CCC#N. The van der Waals surface area contributed by atoms with Gasteiger partial charge in [0, 0.05) is 24.9 Å². The van der Waals surface area contributed by atoms with Crippen molar-refractivity contribution >= 4 is 33.4 Å². The van der Waals surface area contributed by atoms with Crippen LogP contribution in [0.5, 0.6) is 0 Å². The minimum atomic E-state index is -0.926. The summed E-state index contributed by atoms with van der Waals surface area (Å²) in [6, 6.07) is 1.97. The van der Waals surface area contributed by atoms with E-state index in [-0.39, 0.29) is 37.3 Å². The Balaban J connectivity index is 1.60. The van der Waals surface area contributed by atoms with Gasteiger partial charge in [-0.25, -0.2) is 4.98 Å². The molecule has 2 aromatic heterocycles. The first kappa shape index (κ1) is 21.0. The highest BCUT2D eigenvalue weighted by Gasteiger charge is 2.22. The lowest BCUT2D eigenvalue weighted by Gasteiger charge is -2.20. The van der Waals surface area contributed by atoms with Crippen molar-refractivity contribution in [2.75, 3.05) is 13.6 Å². The molecule has 0 spiro atoms. The van der Waals surface area contributed by atoms with Gasteiger partial charge in [-0.05, 0) is 38.2 Å². The number of carbonyl (C=O) groups excluding carboxylic acids is 2. The van der Waals surface area contributed by atoms with E-state index in [2.05, 4.69) is 9.97 Å². The van der Waals surface area contributed by atoms with Crippen LogP contribution in [-0.2, 0) is 33.6 Å². The number of rotatable bonds is 7. The molecular formula is C20H24N4O4S. The number of hydrogen-bond acceptors (Lipinski definition) is 7. The van der Waals surface area contributed by atoms with Crippen LogP contribution in [0.25, 0.3) is 10.2 Å². The van der Waals surface area contributed by atoms with Crippen molar-refractivity contribution in [1.29, 1.82) is 5.26 Å². The fourth-order valence-corrected chi connectivity index (χ4v) is 4.77. The fourth-order valence-electron chi connectivity index (χ4n) is 3.49. The van der Waals surface area contributed by atoms with Gasteiger partial charge in [-0.3, -0.25) is 14.4 Å². The van der Waals surface area contributed by atoms with Gasteiger partial charge in [0.15, 0.2) is 6.10 Å². The molecule has 0 saturated carbocycles. The summed E-state index contributed by atoms with van der Waals surface area (Å²) in [7, 11) is 1.56. The second kappa shape index (κ2) is 9.18. The summed E-state index contributed by atoms with van der Waals surface area (Å²) < 4.78 is 5.19. The zero-order chi connectivity index (χ0) is 21.0. The molecule has 1 aliphatic rings. The largest absolute Gasteiger partial charge is 0.453 e. The van der Waals surface area contributed by atoms with E-state index in [4.69, 9.17) is 10.00 Å². The van der Waals surface area contributed by atoms with Crippen molar-refractivity contribution in [2.45, 2.75) is 58.0 Å². The molecule has 154 valence electrons. The van der Waals surface area contributed by atoms with Gasteiger partial charge in [-0.15, -0.1) is 11.3 Å². The van der Waals surface area contributed by atoms with Gasteiger partial charge in [0.05, 0.1) is 24.3 Å². The highest BCUT2D eigenvalue weighted by Crippen LogP contribution is 2.33. The van der Waals surface area contributed by atoms with Crippen LogP contribution in [-0.4, -0.2) is 46.4 Å². The highest BCUT2D eigenvalue weighted by molar-refractivity contribution is 7.18. The van der Waals surface area contributed by atoms with Crippen LogP contribution in [0.15, 0.2) is 4.79 Å². The van der Waals surface area contributed by atoms with Crippen LogP contribution in [0.1, 0.15) is 48.9 Å². The number of ether oxygens (including phenoxy) is 1. The first-order chi connectivity index (χ1) is 13.9. The second-order valence-corrected chi connectivity index (χ2v) is 8.29.